The van der Waals surface area contributed by atoms with Crippen molar-refractivity contribution in [3.63, 3.8) is 0 Å². The molecule has 0 atom stereocenters. The molecule has 1 aromatic carbocycles. The van der Waals surface area contributed by atoms with Crippen LogP contribution in [0.3, 0.4) is 0 Å². The highest BCUT2D eigenvalue weighted by Gasteiger charge is 2.17. The molecule has 3 aromatic rings. The fraction of sp³-hybridized carbons (Fsp3) is 0.316. The Hall–Kier alpha value is -2.96. The van der Waals surface area contributed by atoms with E-state index in [1.807, 2.05) is 20.8 Å². The van der Waals surface area contributed by atoms with Gasteiger partial charge in [0.25, 0.3) is 5.91 Å². The van der Waals surface area contributed by atoms with Crippen molar-refractivity contribution in [3.8, 4) is 5.75 Å². The van der Waals surface area contributed by atoms with Crippen molar-refractivity contribution >= 4 is 16.9 Å². The number of hydrogen-bond donors (Lipinski definition) is 1. The molecule has 26 heavy (non-hydrogen) atoms. The van der Waals surface area contributed by atoms with Crippen molar-refractivity contribution in [3.05, 3.63) is 53.1 Å². The van der Waals surface area contributed by atoms with Gasteiger partial charge in [0, 0.05) is 18.3 Å². The van der Waals surface area contributed by atoms with Crippen molar-refractivity contribution in [2.24, 2.45) is 0 Å². The van der Waals surface area contributed by atoms with Gasteiger partial charge in [-0.1, -0.05) is 6.07 Å². The molecule has 1 amide bonds. The molecular weight excluding hydrogens is 335 g/mol. The van der Waals surface area contributed by atoms with E-state index in [1.165, 1.54) is 19.2 Å². The quantitative estimate of drug-likeness (QED) is 0.761. The molecule has 0 aliphatic carbocycles. The molecule has 2 aromatic heterocycles. The van der Waals surface area contributed by atoms with Crippen LogP contribution in [0.2, 0.25) is 0 Å². The second-order valence-electron chi connectivity index (χ2n) is 6.38. The molecule has 0 fully saturated rings. The molecule has 0 spiro atoms. The van der Waals surface area contributed by atoms with Gasteiger partial charge in [-0.3, -0.25) is 4.79 Å². The number of aryl methyl sites for hydroxylation is 1. The molecule has 0 saturated carbocycles. The predicted molar refractivity (Wildman–Crippen MR) is 96.8 cm³/mol. The SMILES string of the molecule is COc1ccc(CNC(=O)c2cc(C)nc3c2cnn3C(C)C)cc1F. The number of carbonyl (C=O) groups excluding carboxylic acids is 1. The number of benzene rings is 1. The Morgan fingerprint density at radius 1 is 1.35 bits per heavy atom. The van der Waals surface area contributed by atoms with Gasteiger partial charge in [-0.15, -0.1) is 0 Å². The lowest BCUT2D eigenvalue weighted by atomic mass is 10.1. The van der Waals surface area contributed by atoms with Gasteiger partial charge in [0.15, 0.2) is 17.2 Å². The first-order valence-corrected chi connectivity index (χ1v) is 8.36. The largest absolute Gasteiger partial charge is 0.494 e. The molecule has 0 radical (unpaired) electrons. The third kappa shape index (κ3) is 3.37. The number of amides is 1. The van der Waals surface area contributed by atoms with E-state index in [-0.39, 0.29) is 24.2 Å². The number of methoxy groups -OCH3 is 1. The lowest BCUT2D eigenvalue weighted by molar-refractivity contribution is 0.0952. The van der Waals surface area contributed by atoms with Gasteiger partial charge in [-0.05, 0) is 44.5 Å². The van der Waals surface area contributed by atoms with Crippen molar-refractivity contribution in [1.29, 1.82) is 0 Å². The van der Waals surface area contributed by atoms with Crippen LogP contribution in [0.4, 0.5) is 4.39 Å². The number of rotatable bonds is 5. The molecule has 0 saturated heterocycles. The average Bonchev–Trinajstić information content (AvgIpc) is 3.03. The number of hydrogen-bond acceptors (Lipinski definition) is 4. The summed E-state index contributed by atoms with van der Waals surface area (Å²) in [5.41, 5.74) is 2.58. The summed E-state index contributed by atoms with van der Waals surface area (Å²) >= 11 is 0. The topological polar surface area (TPSA) is 69.0 Å². The number of nitrogens with one attached hydrogen (secondary N) is 1. The number of halogens is 1. The van der Waals surface area contributed by atoms with E-state index in [4.69, 9.17) is 4.74 Å². The van der Waals surface area contributed by atoms with E-state index in [0.29, 0.717) is 22.2 Å². The van der Waals surface area contributed by atoms with E-state index >= 15 is 0 Å². The van der Waals surface area contributed by atoms with E-state index in [0.717, 1.165) is 5.69 Å². The normalized spacial score (nSPS) is 11.2. The van der Waals surface area contributed by atoms with Crippen LogP contribution < -0.4 is 10.1 Å². The van der Waals surface area contributed by atoms with Gasteiger partial charge >= 0.3 is 0 Å². The number of pyridine rings is 1. The van der Waals surface area contributed by atoms with Crippen LogP contribution in [-0.4, -0.2) is 27.8 Å². The Kier molecular flexibility index (Phi) is 4.88. The highest BCUT2D eigenvalue weighted by atomic mass is 19.1. The zero-order valence-electron chi connectivity index (χ0n) is 15.2. The van der Waals surface area contributed by atoms with Crippen molar-refractivity contribution in [1.82, 2.24) is 20.1 Å². The van der Waals surface area contributed by atoms with Crippen LogP contribution in [-0.2, 0) is 6.54 Å². The summed E-state index contributed by atoms with van der Waals surface area (Å²) in [6.45, 7) is 6.07. The summed E-state index contributed by atoms with van der Waals surface area (Å²) in [5.74, 6) is -0.535. The predicted octanol–water partition coefficient (Wildman–Crippen LogP) is 3.40. The zero-order chi connectivity index (χ0) is 18.8. The molecular formula is C19H21FN4O2. The van der Waals surface area contributed by atoms with Crippen LogP contribution in [0.25, 0.3) is 11.0 Å². The second-order valence-corrected chi connectivity index (χ2v) is 6.38. The molecule has 1 N–H and O–H groups in total. The number of carbonyl (C=O) groups is 1. The highest BCUT2D eigenvalue weighted by Crippen LogP contribution is 2.21. The van der Waals surface area contributed by atoms with Crippen molar-refractivity contribution in [2.75, 3.05) is 7.11 Å². The first kappa shape index (κ1) is 17.8. The summed E-state index contributed by atoms with van der Waals surface area (Å²) in [4.78, 5) is 17.2. The standard InChI is InChI=1S/C19H21FN4O2/c1-11(2)24-18-15(10-22-24)14(7-12(3)23-18)19(25)21-9-13-5-6-17(26-4)16(20)8-13/h5-8,10-11H,9H2,1-4H3,(H,21,25). The summed E-state index contributed by atoms with van der Waals surface area (Å²) in [5, 5.41) is 7.86. The van der Waals surface area contributed by atoms with Crippen LogP contribution >= 0.6 is 0 Å². The first-order chi connectivity index (χ1) is 12.4. The minimum atomic E-state index is -0.459. The summed E-state index contributed by atoms with van der Waals surface area (Å²) < 4.78 is 20.5. The Labute approximate surface area is 151 Å². The summed E-state index contributed by atoms with van der Waals surface area (Å²) in [6.07, 6.45) is 1.66. The number of nitrogens with zero attached hydrogens (tertiary/aromatic N) is 3. The minimum absolute atomic E-state index is 0.139. The van der Waals surface area contributed by atoms with E-state index in [9.17, 15) is 9.18 Å². The van der Waals surface area contributed by atoms with Gasteiger partial charge in [-0.25, -0.2) is 14.1 Å². The molecule has 0 aliphatic rings. The van der Waals surface area contributed by atoms with E-state index in [2.05, 4.69) is 15.4 Å². The fourth-order valence-electron chi connectivity index (χ4n) is 2.81. The summed E-state index contributed by atoms with van der Waals surface area (Å²) in [7, 11) is 1.41. The van der Waals surface area contributed by atoms with Crippen LogP contribution in [0.15, 0.2) is 30.5 Å². The van der Waals surface area contributed by atoms with Crippen molar-refractivity contribution < 1.29 is 13.9 Å². The first-order valence-electron chi connectivity index (χ1n) is 8.36. The molecule has 3 rings (SSSR count). The second kappa shape index (κ2) is 7.11. The summed E-state index contributed by atoms with van der Waals surface area (Å²) in [6, 6.07) is 6.48. The van der Waals surface area contributed by atoms with Crippen LogP contribution in [0, 0.1) is 12.7 Å². The molecule has 2 heterocycles. The smallest absolute Gasteiger partial charge is 0.252 e. The lowest BCUT2D eigenvalue weighted by Crippen LogP contribution is -2.23. The van der Waals surface area contributed by atoms with Gasteiger partial charge in [0.1, 0.15) is 0 Å². The highest BCUT2D eigenvalue weighted by molar-refractivity contribution is 6.05. The maximum atomic E-state index is 13.8. The minimum Gasteiger partial charge on any atom is -0.494 e. The number of ether oxygens (including phenoxy) is 1. The van der Waals surface area contributed by atoms with Crippen molar-refractivity contribution in [2.45, 2.75) is 33.4 Å². The zero-order valence-corrected chi connectivity index (χ0v) is 15.2. The Balaban J connectivity index is 1.85. The maximum absolute atomic E-state index is 13.8. The lowest BCUT2D eigenvalue weighted by Gasteiger charge is -2.10. The third-order valence-electron chi connectivity index (χ3n) is 4.10. The molecule has 0 bridgehead atoms. The molecule has 0 aliphatic heterocycles. The van der Waals surface area contributed by atoms with Gasteiger partial charge < -0.3 is 10.1 Å². The Morgan fingerprint density at radius 2 is 2.12 bits per heavy atom. The molecule has 7 heteroatoms. The Morgan fingerprint density at radius 3 is 2.77 bits per heavy atom. The van der Waals surface area contributed by atoms with Crippen LogP contribution in [0.5, 0.6) is 5.75 Å². The molecule has 6 nitrogen and oxygen atoms in total. The fourth-order valence-corrected chi connectivity index (χ4v) is 2.81. The van der Waals surface area contributed by atoms with E-state index < -0.39 is 5.82 Å². The number of fused-ring (bicyclic) bond motifs is 1. The Bertz CT molecular complexity index is 966. The maximum Gasteiger partial charge on any atom is 0.252 e. The molecule has 136 valence electrons. The van der Waals surface area contributed by atoms with Gasteiger partial charge in [0.05, 0.1) is 24.3 Å². The van der Waals surface area contributed by atoms with Crippen LogP contribution in [0.1, 0.15) is 41.5 Å². The average molecular weight is 356 g/mol. The number of aromatic nitrogens is 3. The van der Waals surface area contributed by atoms with E-state index in [1.54, 1.807) is 23.0 Å². The molecule has 0 unspecified atom stereocenters. The third-order valence-corrected chi connectivity index (χ3v) is 4.10. The van der Waals surface area contributed by atoms with Gasteiger partial charge in [0.2, 0.25) is 0 Å². The van der Waals surface area contributed by atoms with Gasteiger partial charge in [-0.2, -0.15) is 5.10 Å². The monoisotopic (exact) mass is 356 g/mol.